The van der Waals surface area contributed by atoms with Gasteiger partial charge in [0, 0.05) is 34.8 Å². The Bertz CT molecular complexity index is 1470. The number of nitriles is 1. The van der Waals surface area contributed by atoms with Crippen LogP contribution >= 0.6 is 0 Å². The number of pyridine rings is 1. The van der Waals surface area contributed by atoms with E-state index in [0.29, 0.717) is 34.0 Å². The van der Waals surface area contributed by atoms with Gasteiger partial charge in [0.05, 0.1) is 17.3 Å². The van der Waals surface area contributed by atoms with E-state index in [2.05, 4.69) is 20.5 Å². The molecule has 0 radical (unpaired) electrons. The van der Waals surface area contributed by atoms with Crippen LogP contribution in [0, 0.1) is 11.3 Å². The lowest BCUT2D eigenvalue weighted by Crippen LogP contribution is -2.11. The van der Waals surface area contributed by atoms with Crippen molar-refractivity contribution in [2.24, 2.45) is 0 Å². The minimum absolute atomic E-state index is 0.256. The second-order valence-corrected chi connectivity index (χ2v) is 6.97. The van der Waals surface area contributed by atoms with Crippen LogP contribution in [-0.4, -0.2) is 30.7 Å². The number of rotatable bonds is 4. The Morgan fingerprint density at radius 1 is 0.906 bits per heavy atom. The number of fused-ring (bicyclic) bond motifs is 1. The zero-order valence-electron chi connectivity index (χ0n) is 16.7. The normalized spacial score (nSPS) is 10.6. The number of hydrogen-bond donors (Lipinski definition) is 1. The average molecular weight is 417 g/mol. The summed E-state index contributed by atoms with van der Waals surface area (Å²) < 4.78 is 1.69. The van der Waals surface area contributed by atoms with Crippen molar-refractivity contribution in [1.29, 1.82) is 5.26 Å². The van der Waals surface area contributed by atoms with Gasteiger partial charge in [0.25, 0.3) is 5.91 Å². The Kier molecular flexibility index (Phi) is 4.82. The fourth-order valence-corrected chi connectivity index (χ4v) is 3.28. The molecule has 8 nitrogen and oxygen atoms in total. The van der Waals surface area contributed by atoms with Gasteiger partial charge in [0.15, 0.2) is 11.5 Å². The number of aromatic nitrogens is 5. The third-order valence-corrected chi connectivity index (χ3v) is 4.89. The van der Waals surface area contributed by atoms with Crippen molar-refractivity contribution in [3.63, 3.8) is 0 Å². The van der Waals surface area contributed by atoms with Crippen molar-refractivity contribution >= 4 is 17.2 Å². The van der Waals surface area contributed by atoms with Crippen LogP contribution in [0.2, 0.25) is 0 Å². The highest BCUT2D eigenvalue weighted by Crippen LogP contribution is 2.23. The number of carbonyl (C=O) groups excluding carboxylic acids is 1. The molecular weight excluding hydrogens is 402 g/mol. The molecule has 5 rings (SSSR count). The number of carbonyl (C=O) groups is 1. The molecule has 2 aromatic carbocycles. The zero-order valence-corrected chi connectivity index (χ0v) is 16.7. The summed E-state index contributed by atoms with van der Waals surface area (Å²) in [6.07, 6.45) is 3.39. The number of amides is 1. The summed E-state index contributed by atoms with van der Waals surface area (Å²) in [7, 11) is 0. The standard InChI is InChI=1S/C24H15N7O/c25-15-16-4-6-18(7-5-16)24(32)27-20-3-1-2-19(14-20)21-8-9-22-28-29-23(31(22)30-21)17-10-12-26-13-11-17/h1-14H,(H,27,32). The van der Waals surface area contributed by atoms with Crippen molar-refractivity contribution in [3.8, 4) is 28.7 Å². The van der Waals surface area contributed by atoms with E-state index in [0.717, 1.165) is 11.1 Å². The Morgan fingerprint density at radius 2 is 1.72 bits per heavy atom. The van der Waals surface area contributed by atoms with Gasteiger partial charge in [0.1, 0.15) is 0 Å². The lowest BCUT2D eigenvalue weighted by Gasteiger charge is -2.08. The van der Waals surface area contributed by atoms with Crippen LogP contribution < -0.4 is 5.32 Å². The van der Waals surface area contributed by atoms with Crippen LogP contribution in [0.15, 0.2) is 85.2 Å². The highest BCUT2D eigenvalue weighted by molar-refractivity contribution is 6.04. The molecule has 1 N–H and O–H groups in total. The van der Waals surface area contributed by atoms with Gasteiger partial charge >= 0.3 is 0 Å². The smallest absolute Gasteiger partial charge is 0.255 e. The Labute approximate surface area is 182 Å². The molecule has 0 saturated carbocycles. The molecule has 0 saturated heterocycles. The largest absolute Gasteiger partial charge is 0.322 e. The fourth-order valence-electron chi connectivity index (χ4n) is 3.28. The maximum atomic E-state index is 12.6. The van der Waals surface area contributed by atoms with Crippen LogP contribution in [0.1, 0.15) is 15.9 Å². The molecule has 3 heterocycles. The lowest BCUT2D eigenvalue weighted by molar-refractivity contribution is 0.102. The van der Waals surface area contributed by atoms with E-state index >= 15 is 0 Å². The second kappa shape index (κ2) is 8.08. The Balaban J connectivity index is 1.45. The zero-order chi connectivity index (χ0) is 21.9. The van der Waals surface area contributed by atoms with Crippen LogP contribution in [0.4, 0.5) is 5.69 Å². The van der Waals surface area contributed by atoms with Crippen LogP contribution in [-0.2, 0) is 0 Å². The minimum atomic E-state index is -0.256. The van der Waals surface area contributed by atoms with E-state index in [1.807, 2.05) is 54.6 Å². The number of nitrogens with one attached hydrogen (secondary N) is 1. The average Bonchev–Trinajstić information content (AvgIpc) is 3.28. The monoisotopic (exact) mass is 417 g/mol. The molecule has 0 atom stereocenters. The first-order valence-electron chi connectivity index (χ1n) is 9.76. The van der Waals surface area contributed by atoms with Gasteiger partial charge in [-0.25, -0.2) is 0 Å². The molecule has 32 heavy (non-hydrogen) atoms. The van der Waals surface area contributed by atoms with E-state index in [9.17, 15) is 4.79 Å². The molecule has 0 bridgehead atoms. The van der Waals surface area contributed by atoms with Gasteiger partial charge in [-0.2, -0.15) is 14.9 Å². The Hall–Kier alpha value is -4.90. The first-order valence-corrected chi connectivity index (χ1v) is 9.76. The SMILES string of the molecule is N#Cc1ccc(C(=O)Nc2cccc(-c3ccc4nnc(-c5ccncc5)n4n3)c2)cc1. The molecular formula is C24H15N7O. The van der Waals surface area contributed by atoms with E-state index in [-0.39, 0.29) is 5.91 Å². The van der Waals surface area contributed by atoms with E-state index in [1.54, 1.807) is 41.2 Å². The second-order valence-electron chi connectivity index (χ2n) is 6.97. The van der Waals surface area contributed by atoms with Gasteiger partial charge in [0.2, 0.25) is 0 Å². The highest BCUT2D eigenvalue weighted by Gasteiger charge is 2.12. The number of hydrogen-bond acceptors (Lipinski definition) is 6. The molecule has 5 aromatic rings. The molecule has 0 spiro atoms. The third-order valence-electron chi connectivity index (χ3n) is 4.89. The van der Waals surface area contributed by atoms with Crippen molar-refractivity contribution in [1.82, 2.24) is 24.8 Å². The third kappa shape index (κ3) is 3.66. The van der Waals surface area contributed by atoms with Crippen molar-refractivity contribution < 1.29 is 4.79 Å². The molecule has 152 valence electrons. The van der Waals surface area contributed by atoms with Gasteiger partial charge < -0.3 is 5.32 Å². The molecule has 0 unspecified atom stereocenters. The summed E-state index contributed by atoms with van der Waals surface area (Å²) in [6.45, 7) is 0. The van der Waals surface area contributed by atoms with Crippen LogP contribution in [0.25, 0.3) is 28.3 Å². The quantitative estimate of drug-likeness (QED) is 0.474. The summed E-state index contributed by atoms with van der Waals surface area (Å²) in [6, 6.07) is 23.4. The van der Waals surface area contributed by atoms with Crippen molar-refractivity contribution in [2.75, 3.05) is 5.32 Å². The van der Waals surface area contributed by atoms with Crippen molar-refractivity contribution in [2.45, 2.75) is 0 Å². The molecule has 0 fully saturated rings. The number of nitrogens with zero attached hydrogens (tertiary/aromatic N) is 6. The summed E-state index contributed by atoms with van der Waals surface area (Å²) >= 11 is 0. The van der Waals surface area contributed by atoms with E-state index in [1.165, 1.54) is 0 Å². The first-order chi connectivity index (χ1) is 15.7. The summed E-state index contributed by atoms with van der Waals surface area (Å²) in [5.41, 5.74) is 4.65. The van der Waals surface area contributed by atoms with Gasteiger partial charge in [-0.05, 0) is 60.7 Å². The van der Waals surface area contributed by atoms with E-state index < -0.39 is 0 Å². The van der Waals surface area contributed by atoms with Crippen LogP contribution in [0.5, 0.6) is 0 Å². The topological polar surface area (TPSA) is 109 Å². The molecule has 0 aliphatic carbocycles. The minimum Gasteiger partial charge on any atom is -0.322 e. The summed E-state index contributed by atoms with van der Waals surface area (Å²) in [5.74, 6) is 0.364. The fraction of sp³-hybridized carbons (Fsp3) is 0. The predicted octanol–water partition coefficient (Wildman–Crippen LogP) is 3.98. The Morgan fingerprint density at radius 3 is 2.50 bits per heavy atom. The summed E-state index contributed by atoms with van der Waals surface area (Å²) in [5, 5.41) is 24.9. The maximum Gasteiger partial charge on any atom is 0.255 e. The molecule has 1 amide bonds. The molecule has 0 aliphatic rings. The molecule has 8 heteroatoms. The lowest BCUT2D eigenvalue weighted by atomic mass is 10.1. The highest BCUT2D eigenvalue weighted by atomic mass is 16.1. The van der Waals surface area contributed by atoms with Gasteiger partial charge in [-0.3, -0.25) is 9.78 Å². The van der Waals surface area contributed by atoms with E-state index in [4.69, 9.17) is 10.4 Å². The maximum absolute atomic E-state index is 12.6. The number of anilines is 1. The summed E-state index contributed by atoms with van der Waals surface area (Å²) in [4.78, 5) is 16.6. The molecule has 3 aromatic heterocycles. The molecule has 0 aliphatic heterocycles. The van der Waals surface area contributed by atoms with Gasteiger partial charge in [-0.15, -0.1) is 10.2 Å². The predicted molar refractivity (Wildman–Crippen MR) is 119 cm³/mol. The van der Waals surface area contributed by atoms with Crippen molar-refractivity contribution in [3.05, 3.63) is 96.3 Å². The first kappa shape index (κ1) is 19.1. The van der Waals surface area contributed by atoms with Crippen LogP contribution in [0.3, 0.4) is 0 Å². The van der Waals surface area contributed by atoms with Gasteiger partial charge in [-0.1, -0.05) is 12.1 Å². The number of benzene rings is 2.